The number of hydrogen-bond acceptors (Lipinski definition) is 1. The second-order valence-corrected chi connectivity index (χ2v) is 12.0. The lowest BCUT2D eigenvalue weighted by molar-refractivity contribution is 1.15. The Balaban J connectivity index is 1.48. The monoisotopic (exact) mass is 524 g/mol. The van der Waals surface area contributed by atoms with Gasteiger partial charge in [-0.15, -0.1) is 0 Å². The highest BCUT2D eigenvalue weighted by Crippen LogP contribution is 2.44. The van der Waals surface area contributed by atoms with E-state index in [4.69, 9.17) is 0 Å². The molecule has 0 fully saturated rings. The maximum Gasteiger partial charge on any atom is 0.249 e. The Labute approximate surface area is 235 Å². The van der Waals surface area contributed by atoms with E-state index in [-0.39, 0.29) is 6.71 Å². The third kappa shape index (κ3) is 2.49. The summed E-state index contributed by atoms with van der Waals surface area (Å²) in [6, 6.07) is 47.1. The predicted molar refractivity (Wildman–Crippen MR) is 170 cm³/mol. The molecule has 4 heteroatoms. The fraction of sp³-hybridized carbons (Fsp3) is 0. The van der Waals surface area contributed by atoms with Gasteiger partial charge in [-0.05, 0) is 47.3 Å². The van der Waals surface area contributed by atoms with Crippen LogP contribution < -0.4 is 16.4 Å². The van der Waals surface area contributed by atoms with Crippen LogP contribution in [0.4, 0.5) is 0 Å². The van der Waals surface area contributed by atoms with Gasteiger partial charge in [-0.3, -0.25) is 0 Å². The van der Waals surface area contributed by atoms with E-state index in [1.165, 1.54) is 81.2 Å². The Hall–Kier alpha value is -4.67. The van der Waals surface area contributed by atoms with Crippen LogP contribution in [-0.4, -0.2) is 15.8 Å². The second kappa shape index (κ2) is 7.50. The Morgan fingerprint density at radius 3 is 2.00 bits per heavy atom. The summed E-state index contributed by atoms with van der Waals surface area (Å²) in [5.74, 6) is 0. The smallest absolute Gasteiger partial charge is 0.249 e. The standard InChI is InChI=1S/C36H21BN2S/c1-2-10-22(11-3-1)38-29-15-7-4-12-23(29)24-18-19-26-25-20-21-32-33-34(25)39(36(26)35(24)38)30-16-8-5-13-27(30)37(33)28-14-6-9-17-31(28)40-32/h1-21H. The Bertz CT molecular complexity index is 2360. The van der Waals surface area contributed by atoms with E-state index in [1.54, 1.807) is 0 Å². The van der Waals surface area contributed by atoms with E-state index >= 15 is 0 Å². The summed E-state index contributed by atoms with van der Waals surface area (Å²) >= 11 is 1.92. The number of para-hydroxylation sites is 3. The first kappa shape index (κ1) is 21.2. The van der Waals surface area contributed by atoms with Gasteiger partial charge in [0, 0.05) is 42.7 Å². The van der Waals surface area contributed by atoms with Gasteiger partial charge in [0.2, 0.25) is 6.71 Å². The number of aromatic nitrogens is 2. The van der Waals surface area contributed by atoms with Crippen molar-refractivity contribution in [3.8, 4) is 11.4 Å². The molecule has 40 heavy (non-hydrogen) atoms. The molecule has 0 amide bonds. The van der Waals surface area contributed by atoms with Gasteiger partial charge in [0.05, 0.1) is 22.1 Å². The molecule has 2 nitrogen and oxygen atoms in total. The van der Waals surface area contributed by atoms with Crippen molar-refractivity contribution in [2.75, 3.05) is 0 Å². The van der Waals surface area contributed by atoms with Crippen LogP contribution in [0.1, 0.15) is 0 Å². The average Bonchev–Trinajstić information content (AvgIpc) is 3.54. The molecular formula is C36H21BN2S. The molecule has 0 bridgehead atoms. The van der Waals surface area contributed by atoms with E-state index in [1.807, 2.05) is 11.8 Å². The van der Waals surface area contributed by atoms with Crippen LogP contribution in [0.5, 0.6) is 0 Å². The summed E-state index contributed by atoms with van der Waals surface area (Å²) < 4.78 is 5.06. The summed E-state index contributed by atoms with van der Waals surface area (Å²) in [4.78, 5) is 2.74. The molecule has 0 spiro atoms. The number of hydrogen-bond donors (Lipinski definition) is 0. The van der Waals surface area contributed by atoms with Gasteiger partial charge in [0.15, 0.2) is 0 Å². The highest BCUT2D eigenvalue weighted by molar-refractivity contribution is 8.00. The van der Waals surface area contributed by atoms with Crippen LogP contribution >= 0.6 is 11.8 Å². The average molecular weight is 524 g/mol. The molecule has 8 aromatic rings. The molecule has 0 saturated carbocycles. The Kier molecular flexibility index (Phi) is 3.97. The topological polar surface area (TPSA) is 9.86 Å². The fourth-order valence-electron chi connectivity index (χ4n) is 7.44. The van der Waals surface area contributed by atoms with Gasteiger partial charge in [0.25, 0.3) is 0 Å². The molecule has 2 aliphatic rings. The Morgan fingerprint density at radius 2 is 1.10 bits per heavy atom. The largest absolute Gasteiger partial charge is 0.308 e. The zero-order valence-electron chi connectivity index (χ0n) is 21.5. The lowest BCUT2D eigenvalue weighted by Gasteiger charge is -2.32. The molecule has 0 N–H and O–H groups in total. The highest BCUT2D eigenvalue weighted by atomic mass is 32.2. The third-order valence-electron chi connectivity index (χ3n) is 8.97. The van der Waals surface area contributed by atoms with Gasteiger partial charge in [0.1, 0.15) is 0 Å². The summed E-state index contributed by atoms with van der Waals surface area (Å²) in [7, 11) is 0. The molecule has 2 aromatic heterocycles. The van der Waals surface area contributed by atoms with Gasteiger partial charge in [-0.25, -0.2) is 0 Å². The molecule has 0 unspecified atom stereocenters. The van der Waals surface area contributed by atoms with Crippen molar-refractivity contribution in [2.24, 2.45) is 0 Å². The minimum absolute atomic E-state index is 0.236. The fourth-order valence-corrected chi connectivity index (χ4v) is 8.59. The van der Waals surface area contributed by atoms with Crippen molar-refractivity contribution in [3.05, 3.63) is 127 Å². The van der Waals surface area contributed by atoms with Gasteiger partial charge in [-0.1, -0.05) is 108 Å². The zero-order valence-corrected chi connectivity index (χ0v) is 22.3. The van der Waals surface area contributed by atoms with Crippen LogP contribution in [-0.2, 0) is 0 Å². The maximum atomic E-state index is 2.59. The molecule has 10 rings (SSSR count). The molecule has 184 valence electrons. The van der Waals surface area contributed by atoms with Crippen LogP contribution in [0.15, 0.2) is 137 Å². The van der Waals surface area contributed by atoms with Crippen molar-refractivity contribution in [3.63, 3.8) is 0 Å². The lowest BCUT2D eigenvalue weighted by Crippen LogP contribution is -2.58. The molecule has 6 aromatic carbocycles. The zero-order chi connectivity index (χ0) is 25.9. The number of rotatable bonds is 1. The van der Waals surface area contributed by atoms with Crippen molar-refractivity contribution in [2.45, 2.75) is 9.79 Å². The molecule has 4 heterocycles. The van der Waals surface area contributed by atoms with Crippen molar-refractivity contribution in [1.29, 1.82) is 0 Å². The normalized spacial score (nSPS) is 13.3. The van der Waals surface area contributed by atoms with Crippen LogP contribution in [0.2, 0.25) is 0 Å². The predicted octanol–water partition coefficient (Wildman–Crippen LogP) is 7.18. The third-order valence-corrected chi connectivity index (χ3v) is 10.1. The quantitative estimate of drug-likeness (QED) is 0.207. The van der Waals surface area contributed by atoms with E-state index in [9.17, 15) is 0 Å². The van der Waals surface area contributed by atoms with Crippen LogP contribution in [0.25, 0.3) is 55.0 Å². The van der Waals surface area contributed by atoms with Crippen molar-refractivity contribution < 1.29 is 0 Å². The van der Waals surface area contributed by atoms with E-state index < -0.39 is 0 Å². The maximum absolute atomic E-state index is 2.59. The van der Waals surface area contributed by atoms with Crippen molar-refractivity contribution in [1.82, 2.24) is 9.13 Å². The number of fused-ring (bicyclic) bond motifs is 12. The first-order valence-electron chi connectivity index (χ1n) is 13.8. The SMILES string of the molecule is c1ccc(-n2c3ccccc3c3ccc4c5ccc6c7c5n(c4c32)-c2ccccc2B7c2ccccc2S6)cc1. The molecule has 2 aliphatic heterocycles. The molecule has 0 atom stereocenters. The Morgan fingerprint density at radius 1 is 0.450 bits per heavy atom. The summed E-state index contributed by atoms with van der Waals surface area (Å²) in [6.07, 6.45) is 0. The van der Waals surface area contributed by atoms with Crippen molar-refractivity contribution >= 4 is 78.5 Å². The first-order valence-corrected chi connectivity index (χ1v) is 14.6. The molecule has 0 saturated heterocycles. The van der Waals surface area contributed by atoms with Gasteiger partial charge < -0.3 is 9.13 Å². The van der Waals surface area contributed by atoms with E-state index in [0.29, 0.717) is 0 Å². The summed E-state index contributed by atoms with van der Waals surface area (Å²) in [5.41, 5.74) is 11.9. The van der Waals surface area contributed by atoms with Gasteiger partial charge >= 0.3 is 0 Å². The van der Waals surface area contributed by atoms with Gasteiger partial charge in [-0.2, -0.15) is 0 Å². The molecular weight excluding hydrogens is 503 g/mol. The molecule has 0 radical (unpaired) electrons. The number of benzene rings is 6. The summed E-state index contributed by atoms with van der Waals surface area (Å²) in [5, 5.41) is 5.22. The number of nitrogens with zero attached hydrogens (tertiary/aromatic N) is 2. The minimum atomic E-state index is 0.236. The van der Waals surface area contributed by atoms with E-state index in [2.05, 4.69) is 137 Å². The first-order chi connectivity index (χ1) is 19.9. The lowest BCUT2D eigenvalue weighted by atomic mass is 9.35. The summed E-state index contributed by atoms with van der Waals surface area (Å²) in [6.45, 7) is 0.236. The molecule has 0 aliphatic carbocycles. The van der Waals surface area contributed by atoms with E-state index in [0.717, 1.165) is 0 Å². The second-order valence-electron chi connectivity index (χ2n) is 10.9. The van der Waals surface area contributed by atoms with Crippen LogP contribution in [0.3, 0.4) is 0 Å². The highest BCUT2D eigenvalue weighted by Gasteiger charge is 2.39. The minimum Gasteiger partial charge on any atom is -0.308 e. The van der Waals surface area contributed by atoms with Crippen LogP contribution in [0, 0.1) is 0 Å².